The van der Waals surface area contributed by atoms with Crippen molar-refractivity contribution in [2.75, 3.05) is 50.7 Å². The van der Waals surface area contributed by atoms with Crippen LogP contribution in [0.3, 0.4) is 0 Å². The Bertz CT molecular complexity index is 1240. The van der Waals surface area contributed by atoms with Crippen molar-refractivity contribution in [2.45, 2.75) is 0 Å². The number of non-ortho nitro benzene ring substituents is 1. The van der Waals surface area contributed by atoms with Gasteiger partial charge >= 0.3 is 0 Å². The number of nitro benzene ring substituents is 1. The number of carbonyl (C=O) groups is 1. The average Bonchev–Trinajstić information content (AvgIpc) is 3.32. The maximum absolute atomic E-state index is 12.6. The molecule has 35 heavy (non-hydrogen) atoms. The number of amides is 1. The maximum atomic E-state index is 12.6. The number of nitro groups is 1. The highest BCUT2D eigenvalue weighted by atomic mass is 32.1. The summed E-state index contributed by atoms with van der Waals surface area (Å²) in [5.41, 5.74) is 1.95. The van der Waals surface area contributed by atoms with Gasteiger partial charge in [0.2, 0.25) is 5.91 Å². The Morgan fingerprint density at radius 2 is 1.86 bits per heavy atom. The van der Waals surface area contributed by atoms with Gasteiger partial charge in [-0.1, -0.05) is 11.3 Å². The fraction of sp³-hybridized carbons (Fsp3) is 0.250. The smallest absolute Gasteiger partial charge is 0.269 e. The van der Waals surface area contributed by atoms with Crippen LogP contribution in [0.15, 0.2) is 48.5 Å². The zero-order chi connectivity index (χ0) is 24.8. The summed E-state index contributed by atoms with van der Waals surface area (Å²) in [4.78, 5) is 30.9. The Morgan fingerprint density at radius 3 is 2.51 bits per heavy atom. The van der Waals surface area contributed by atoms with Crippen LogP contribution in [0, 0.1) is 10.1 Å². The number of hydrogen-bond acceptors (Lipinski definition) is 9. The molecule has 182 valence electrons. The first-order valence-electron chi connectivity index (χ1n) is 10.8. The van der Waals surface area contributed by atoms with Crippen molar-refractivity contribution in [3.05, 3.63) is 63.5 Å². The predicted molar refractivity (Wildman–Crippen MR) is 134 cm³/mol. The number of morpholine rings is 1. The Labute approximate surface area is 205 Å². The Hall–Kier alpha value is -3.96. The van der Waals surface area contributed by atoms with Gasteiger partial charge in [0.15, 0.2) is 16.6 Å². The molecule has 0 aliphatic carbocycles. The number of methoxy groups -OCH3 is 2. The molecule has 1 N–H and O–H groups in total. The molecule has 4 rings (SSSR count). The van der Waals surface area contributed by atoms with Gasteiger partial charge in [-0.15, -0.1) is 0 Å². The van der Waals surface area contributed by atoms with Crippen molar-refractivity contribution in [1.29, 1.82) is 0 Å². The molecule has 11 heteroatoms. The summed E-state index contributed by atoms with van der Waals surface area (Å²) in [5, 5.41) is 14.6. The van der Waals surface area contributed by atoms with Gasteiger partial charge in [-0.2, -0.15) is 0 Å². The van der Waals surface area contributed by atoms with Gasteiger partial charge in [0.25, 0.3) is 5.69 Å². The van der Waals surface area contributed by atoms with Gasteiger partial charge in [-0.25, -0.2) is 4.98 Å². The van der Waals surface area contributed by atoms with E-state index in [-0.39, 0.29) is 11.6 Å². The average molecular weight is 497 g/mol. The third-order valence-corrected chi connectivity index (χ3v) is 6.39. The molecular weight excluding hydrogens is 472 g/mol. The molecule has 0 unspecified atom stereocenters. The normalized spacial score (nSPS) is 13.6. The molecule has 2 aromatic carbocycles. The number of ether oxygens (including phenoxy) is 3. The van der Waals surface area contributed by atoms with Gasteiger partial charge < -0.3 is 24.4 Å². The molecule has 2 heterocycles. The molecule has 1 aliphatic heterocycles. The number of carbonyl (C=O) groups excluding carboxylic acids is 1. The standard InChI is InChI=1S/C24H24N4O6S/c1-32-19-8-5-17(15-20(19)33-2)25-22(29)10-9-21-23(16-3-6-18(7-4-16)28(30)31)26-24(35-21)27-11-13-34-14-12-27/h3-10,15H,11-14H2,1-2H3,(H,25,29)/b10-9+. The number of nitrogens with zero attached hydrogens (tertiary/aromatic N) is 3. The summed E-state index contributed by atoms with van der Waals surface area (Å²) in [7, 11) is 3.07. The molecule has 0 bridgehead atoms. The van der Waals surface area contributed by atoms with E-state index in [2.05, 4.69) is 10.2 Å². The summed E-state index contributed by atoms with van der Waals surface area (Å²) in [6, 6.07) is 11.3. The van der Waals surface area contributed by atoms with E-state index in [0.29, 0.717) is 36.1 Å². The highest BCUT2D eigenvalue weighted by Gasteiger charge is 2.19. The first-order chi connectivity index (χ1) is 17.0. The third kappa shape index (κ3) is 5.76. The summed E-state index contributed by atoms with van der Waals surface area (Å²) >= 11 is 1.45. The molecule has 0 spiro atoms. The van der Waals surface area contributed by atoms with Crippen LogP contribution in [0.25, 0.3) is 17.3 Å². The maximum Gasteiger partial charge on any atom is 0.269 e. The Morgan fingerprint density at radius 1 is 1.14 bits per heavy atom. The van der Waals surface area contributed by atoms with Crippen LogP contribution in [0.5, 0.6) is 11.5 Å². The number of anilines is 2. The fourth-order valence-electron chi connectivity index (χ4n) is 3.52. The Balaban J connectivity index is 1.59. The van der Waals surface area contributed by atoms with E-state index >= 15 is 0 Å². The minimum absolute atomic E-state index is 0.00349. The van der Waals surface area contributed by atoms with Gasteiger partial charge in [0, 0.05) is 48.6 Å². The van der Waals surface area contributed by atoms with E-state index in [1.165, 1.54) is 36.7 Å². The minimum atomic E-state index is -0.441. The lowest BCUT2D eigenvalue weighted by molar-refractivity contribution is -0.384. The van der Waals surface area contributed by atoms with Crippen LogP contribution in [0.2, 0.25) is 0 Å². The minimum Gasteiger partial charge on any atom is -0.493 e. The number of rotatable bonds is 8. The molecular formula is C24H24N4O6S. The molecule has 1 aromatic heterocycles. The van der Waals surface area contributed by atoms with E-state index in [1.54, 1.807) is 43.5 Å². The van der Waals surface area contributed by atoms with E-state index in [1.807, 2.05) is 0 Å². The van der Waals surface area contributed by atoms with Crippen molar-refractivity contribution in [2.24, 2.45) is 0 Å². The van der Waals surface area contributed by atoms with E-state index < -0.39 is 4.92 Å². The van der Waals surface area contributed by atoms with Crippen LogP contribution in [-0.2, 0) is 9.53 Å². The predicted octanol–water partition coefficient (Wildman–Crippen LogP) is 4.22. The van der Waals surface area contributed by atoms with Crippen LogP contribution in [-0.4, -0.2) is 56.3 Å². The van der Waals surface area contributed by atoms with Crippen LogP contribution in [0.1, 0.15) is 4.88 Å². The summed E-state index contributed by atoms with van der Waals surface area (Å²) in [6.45, 7) is 2.67. The topological polar surface area (TPSA) is 116 Å². The summed E-state index contributed by atoms with van der Waals surface area (Å²) in [6.07, 6.45) is 3.14. The molecule has 10 nitrogen and oxygen atoms in total. The first kappa shape index (κ1) is 24.2. The largest absolute Gasteiger partial charge is 0.493 e. The monoisotopic (exact) mass is 496 g/mol. The molecule has 3 aromatic rings. The van der Waals surface area contributed by atoms with Gasteiger partial charge in [0.1, 0.15) is 0 Å². The van der Waals surface area contributed by atoms with E-state index in [9.17, 15) is 14.9 Å². The summed E-state index contributed by atoms with van der Waals surface area (Å²) < 4.78 is 15.9. The van der Waals surface area contributed by atoms with Crippen molar-refractivity contribution in [1.82, 2.24) is 4.98 Å². The summed E-state index contributed by atoms with van der Waals surface area (Å²) in [5.74, 6) is 0.745. The molecule has 1 amide bonds. The van der Waals surface area contributed by atoms with Crippen molar-refractivity contribution < 1.29 is 23.9 Å². The molecule has 0 saturated carbocycles. The number of aromatic nitrogens is 1. The number of thiazole rings is 1. The molecule has 1 saturated heterocycles. The highest BCUT2D eigenvalue weighted by molar-refractivity contribution is 7.17. The lowest BCUT2D eigenvalue weighted by Gasteiger charge is -2.26. The zero-order valence-electron chi connectivity index (χ0n) is 19.2. The fourth-order valence-corrected chi connectivity index (χ4v) is 4.56. The van der Waals surface area contributed by atoms with Crippen molar-refractivity contribution >= 4 is 39.8 Å². The highest BCUT2D eigenvalue weighted by Crippen LogP contribution is 2.35. The van der Waals surface area contributed by atoms with E-state index in [4.69, 9.17) is 19.2 Å². The molecule has 1 fully saturated rings. The lowest BCUT2D eigenvalue weighted by atomic mass is 10.1. The number of benzene rings is 2. The van der Waals surface area contributed by atoms with Gasteiger partial charge in [-0.05, 0) is 30.3 Å². The first-order valence-corrected chi connectivity index (χ1v) is 11.6. The zero-order valence-corrected chi connectivity index (χ0v) is 20.0. The van der Waals surface area contributed by atoms with Crippen LogP contribution in [0.4, 0.5) is 16.5 Å². The van der Waals surface area contributed by atoms with Crippen molar-refractivity contribution in [3.8, 4) is 22.8 Å². The van der Waals surface area contributed by atoms with Crippen molar-refractivity contribution in [3.63, 3.8) is 0 Å². The lowest BCUT2D eigenvalue weighted by Crippen LogP contribution is -2.36. The van der Waals surface area contributed by atoms with Crippen LogP contribution < -0.4 is 19.7 Å². The second-order valence-corrected chi connectivity index (χ2v) is 8.51. The Kier molecular flexibility index (Phi) is 7.58. The third-order valence-electron chi connectivity index (χ3n) is 5.31. The number of hydrogen-bond donors (Lipinski definition) is 1. The van der Waals surface area contributed by atoms with Gasteiger partial charge in [0.05, 0.1) is 42.9 Å². The van der Waals surface area contributed by atoms with Crippen LogP contribution >= 0.6 is 11.3 Å². The number of nitrogens with one attached hydrogen (secondary N) is 1. The van der Waals surface area contributed by atoms with Gasteiger partial charge in [-0.3, -0.25) is 14.9 Å². The molecule has 1 aliphatic rings. The van der Waals surface area contributed by atoms with E-state index in [0.717, 1.165) is 28.7 Å². The quantitative estimate of drug-likeness (QED) is 0.280. The SMILES string of the molecule is COc1ccc(NC(=O)/C=C/c2sc(N3CCOCC3)nc2-c2ccc([N+](=O)[O-])cc2)cc1OC. The molecule has 0 atom stereocenters. The second-order valence-electron chi connectivity index (χ2n) is 7.51. The molecule has 0 radical (unpaired) electrons. The second kappa shape index (κ2) is 11.0.